The van der Waals surface area contributed by atoms with Crippen LogP contribution < -0.4 is 0 Å². The van der Waals surface area contributed by atoms with Gasteiger partial charge in [-0.3, -0.25) is 0 Å². The minimum atomic E-state index is 0.707. The molecule has 17 heavy (non-hydrogen) atoms. The summed E-state index contributed by atoms with van der Waals surface area (Å²) in [5.41, 5.74) is 2.78. The zero-order valence-electron chi connectivity index (χ0n) is 9.43. The molecule has 0 saturated carbocycles. The Morgan fingerprint density at radius 3 is 2.12 bits per heavy atom. The minimum absolute atomic E-state index is 0.707. The summed E-state index contributed by atoms with van der Waals surface area (Å²) < 4.78 is 0. The molecule has 2 rings (SSSR count). The molecule has 0 amide bonds. The zero-order chi connectivity index (χ0) is 12.1. The molecule has 2 aromatic rings. The van der Waals surface area contributed by atoms with Crippen LogP contribution in [0.25, 0.3) is 0 Å². The van der Waals surface area contributed by atoms with E-state index in [4.69, 9.17) is 16.4 Å². The number of benzene rings is 2. The summed E-state index contributed by atoms with van der Waals surface area (Å²) in [6, 6.07) is 17.4. The number of oxime groups is 1. The lowest BCUT2D eigenvalue weighted by Gasteiger charge is -2.06. The molecule has 0 N–H and O–H groups in total. The monoisotopic (exact) mass is 245 g/mol. The van der Waals surface area contributed by atoms with E-state index in [1.54, 1.807) is 7.11 Å². The third-order valence-electron chi connectivity index (χ3n) is 2.35. The maximum absolute atomic E-state index is 5.87. The molecule has 86 valence electrons. The van der Waals surface area contributed by atoms with Crippen LogP contribution in [0.5, 0.6) is 0 Å². The van der Waals surface area contributed by atoms with Crippen molar-refractivity contribution in [3.05, 3.63) is 70.7 Å². The van der Waals surface area contributed by atoms with Crippen molar-refractivity contribution < 1.29 is 4.84 Å². The Kier molecular flexibility index (Phi) is 3.78. The molecule has 2 nitrogen and oxygen atoms in total. The molecule has 3 heteroatoms. The fourth-order valence-corrected chi connectivity index (χ4v) is 1.69. The van der Waals surface area contributed by atoms with Crippen molar-refractivity contribution in [2.75, 3.05) is 7.11 Å². The molecule has 0 aliphatic rings. The Hall–Kier alpha value is -1.80. The standard InChI is InChI=1S/C14H12ClNO/c1-17-16-14(11-5-3-2-4-6-11)12-7-9-13(15)10-8-12/h2-10H,1H3/b16-14-. The first-order valence-electron chi connectivity index (χ1n) is 5.24. The third kappa shape index (κ3) is 2.86. The highest BCUT2D eigenvalue weighted by atomic mass is 35.5. The van der Waals surface area contributed by atoms with Gasteiger partial charge in [-0.15, -0.1) is 0 Å². The predicted octanol–water partition coefficient (Wildman–Crippen LogP) is 3.74. The summed E-state index contributed by atoms with van der Waals surface area (Å²) in [4.78, 5) is 4.90. The fourth-order valence-electron chi connectivity index (χ4n) is 1.57. The maximum atomic E-state index is 5.87. The third-order valence-corrected chi connectivity index (χ3v) is 2.60. The second kappa shape index (κ2) is 5.51. The van der Waals surface area contributed by atoms with Crippen LogP contribution in [-0.4, -0.2) is 12.8 Å². The Balaban J connectivity index is 2.44. The smallest absolute Gasteiger partial charge is 0.117 e. The van der Waals surface area contributed by atoms with Crippen molar-refractivity contribution in [1.82, 2.24) is 0 Å². The van der Waals surface area contributed by atoms with E-state index in [1.807, 2.05) is 54.6 Å². The largest absolute Gasteiger partial charge is 0.399 e. The Labute approximate surface area is 105 Å². The molecule has 0 aromatic heterocycles. The van der Waals surface area contributed by atoms with Crippen molar-refractivity contribution in [2.45, 2.75) is 0 Å². The number of hydrogen-bond acceptors (Lipinski definition) is 2. The first kappa shape index (κ1) is 11.7. The minimum Gasteiger partial charge on any atom is -0.399 e. The van der Waals surface area contributed by atoms with Gasteiger partial charge < -0.3 is 4.84 Å². The van der Waals surface area contributed by atoms with Crippen LogP contribution >= 0.6 is 11.6 Å². The van der Waals surface area contributed by atoms with Crippen molar-refractivity contribution in [3.8, 4) is 0 Å². The normalized spacial score (nSPS) is 11.3. The van der Waals surface area contributed by atoms with Crippen molar-refractivity contribution in [1.29, 1.82) is 0 Å². The summed E-state index contributed by atoms with van der Waals surface area (Å²) in [6.07, 6.45) is 0. The van der Waals surface area contributed by atoms with E-state index in [9.17, 15) is 0 Å². The Bertz CT molecular complexity index is 506. The van der Waals surface area contributed by atoms with Gasteiger partial charge in [0.2, 0.25) is 0 Å². The van der Waals surface area contributed by atoms with E-state index < -0.39 is 0 Å². The molecule has 0 aliphatic carbocycles. The lowest BCUT2D eigenvalue weighted by molar-refractivity contribution is 0.214. The van der Waals surface area contributed by atoms with Crippen LogP contribution in [0.3, 0.4) is 0 Å². The van der Waals surface area contributed by atoms with Gasteiger partial charge in [0.05, 0.1) is 0 Å². The van der Waals surface area contributed by atoms with E-state index >= 15 is 0 Å². The van der Waals surface area contributed by atoms with Crippen LogP contribution in [-0.2, 0) is 4.84 Å². The molecule has 0 aliphatic heterocycles. The molecule has 0 fully saturated rings. The molecule has 0 atom stereocenters. The maximum Gasteiger partial charge on any atom is 0.117 e. The van der Waals surface area contributed by atoms with Gasteiger partial charge in [-0.2, -0.15) is 0 Å². The van der Waals surface area contributed by atoms with E-state index in [2.05, 4.69) is 5.16 Å². The van der Waals surface area contributed by atoms with Crippen LogP contribution in [0.15, 0.2) is 59.8 Å². The SMILES string of the molecule is CO/N=C(/c1ccccc1)c1ccc(Cl)cc1. The number of halogens is 1. The molecule has 0 radical (unpaired) electrons. The second-order valence-electron chi connectivity index (χ2n) is 3.50. The van der Waals surface area contributed by atoms with Crippen LogP contribution in [0.2, 0.25) is 5.02 Å². The van der Waals surface area contributed by atoms with Gasteiger partial charge in [-0.25, -0.2) is 0 Å². The van der Waals surface area contributed by atoms with Gasteiger partial charge >= 0.3 is 0 Å². The van der Waals surface area contributed by atoms with Crippen LogP contribution in [0.1, 0.15) is 11.1 Å². The number of hydrogen-bond donors (Lipinski definition) is 0. The molecular weight excluding hydrogens is 234 g/mol. The molecule has 0 saturated heterocycles. The van der Waals surface area contributed by atoms with Crippen LogP contribution in [0, 0.1) is 0 Å². The summed E-state index contributed by atoms with van der Waals surface area (Å²) in [5.74, 6) is 0. The molecule has 0 unspecified atom stereocenters. The Morgan fingerprint density at radius 2 is 1.53 bits per heavy atom. The van der Waals surface area contributed by atoms with Crippen molar-refractivity contribution in [3.63, 3.8) is 0 Å². The van der Waals surface area contributed by atoms with Gasteiger partial charge in [-0.05, 0) is 12.1 Å². The van der Waals surface area contributed by atoms with E-state index in [0.717, 1.165) is 16.8 Å². The van der Waals surface area contributed by atoms with Crippen molar-refractivity contribution >= 4 is 17.3 Å². The Morgan fingerprint density at radius 1 is 0.941 bits per heavy atom. The lowest BCUT2D eigenvalue weighted by Crippen LogP contribution is -2.03. The van der Waals surface area contributed by atoms with Crippen LogP contribution in [0.4, 0.5) is 0 Å². The number of rotatable bonds is 3. The highest BCUT2D eigenvalue weighted by Gasteiger charge is 2.07. The average molecular weight is 246 g/mol. The highest BCUT2D eigenvalue weighted by Crippen LogP contribution is 2.14. The van der Waals surface area contributed by atoms with E-state index in [1.165, 1.54) is 0 Å². The highest BCUT2D eigenvalue weighted by molar-refractivity contribution is 6.30. The van der Waals surface area contributed by atoms with E-state index in [-0.39, 0.29) is 0 Å². The summed E-state index contributed by atoms with van der Waals surface area (Å²) in [6.45, 7) is 0. The van der Waals surface area contributed by atoms with Crippen molar-refractivity contribution in [2.24, 2.45) is 5.16 Å². The topological polar surface area (TPSA) is 21.6 Å². The predicted molar refractivity (Wildman–Crippen MR) is 70.5 cm³/mol. The van der Waals surface area contributed by atoms with Gasteiger partial charge in [0.1, 0.15) is 12.8 Å². The second-order valence-corrected chi connectivity index (χ2v) is 3.93. The fraction of sp³-hybridized carbons (Fsp3) is 0.0714. The lowest BCUT2D eigenvalue weighted by atomic mass is 10.0. The first-order valence-corrected chi connectivity index (χ1v) is 5.61. The quantitative estimate of drug-likeness (QED) is 0.596. The van der Waals surface area contributed by atoms with Gasteiger partial charge in [0.25, 0.3) is 0 Å². The van der Waals surface area contributed by atoms with Gasteiger partial charge in [0, 0.05) is 16.1 Å². The zero-order valence-corrected chi connectivity index (χ0v) is 10.2. The van der Waals surface area contributed by atoms with E-state index in [0.29, 0.717) is 5.02 Å². The number of nitrogens with zero attached hydrogens (tertiary/aromatic N) is 1. The molecule has 2 aromatic carbocycles. The first-order chi connectivity index (χ1) is 8.31. The summed E-state index contributed by atoms with van der Waals surface area (Å²) in [5, 5.41) is 4.77. The summed E-state index contributed by atoms with van der Waals surface area (Å²) in [7, 11) is 1.54. The van der Waals surface area contributed by atoms with Gasteiger partial charge in [0.15, 0.2) is 0 Å². The molecule has 0 heterocycles. The van der Waals surface area contributed by atoms with Gasteiger partial charge in [-0.1, -0.05) is 59.2 Å². The molecular formula is C14H12ClNO. The summed E-state index contributed by atoms with van der Waals surface area (Å²) >= 11 is 5.87. The molecule has 0 bridgehead atoms. The average Bonchev–Trinajstić information content (AvgIpc) is 2.38. The molecule has 0 spiro atoms.